The van der Waals surface area contributed by atoms with Crippen molar-refractivity contribution in [3.63, 3.8) is 0 Å². The zero-order valence-electron chi connectivity index (χ0n) is 36.1. The molecule has 0 saturated heterocycles. The molecule has 0 radical (unpaired) electrons. The summed E-state index contributed by atoms with van der Waals surface area (Å²) in [4.78, 5) is 0. The van der Waals surface area contributed by atoms with Crippen LogP contribution in [0.4, 0.5) is 0 Å². The molecule has 0 unspecified atom stereocenters. The molecule has 8 heterocycles. The van der Waals surface area contributed by atoms with Crippen LogP contribution < -0.4 is 42.3 Å². The molecule has 4 aliphatic heterocycles. The Labute approximate surface area is 387 Å². The first-order chi connectivity index (χ1) is 33.7. The zero-order valence-corrected chi connectivity index (χ0v) is 36.1. The molecule has 310 valence electrons. The molecule has 14 aromatic rings. The number of fused-ring (bicyclic) bond motifs is 17. The predicted molar refractivity (Wildman–Crippen MR) is 279 cm³/mol. The highest BCUT2D eigenvalue weighted by Crippen LogP contribution is 2.46. The van der Waals surface area contributed by atoms with Crippen LogP contribution >= 0.6 is 0 Å². The molecule has 4 aromatic heterocycles. The summed E-state index contributed by atoms with van der Waals surface area (Å²) in [5.74, 6) is 3.33. The number of hydrogen-bond donors (Lipinski definition) is 0. The number of rotatable bonds is 2. The first-order valence-corrected chi connectivity index (χ1v) is 23.5. The Hall–Kier alpha value is -8.87. The highest BCUT2D eigenvalue weighted by Gasteiger charge is 2.50. The summed E-state index contributed by atoms with van der Waals surface area (Å²) in [5, 5.41) is 9.66. The third-order valence-electron chi connectivity index (χ3n) is 15.9. The summed E-state index contributed by atoms with van der Waals surface area (Å²) < 4.78 is 29.0. The molecule has 6 nitrogen and oxygen atoms in total. The fourth-order valence-electron chi connectivity index (χ4n) is 13.4. The molecule has 0 fully saturated rings. The van der Waals surface area contributed by atoms with Crippen molar-refractivity contribution in [2.45, 2.75) is 0 Å². The molecule has 0 aliphatic carbocycles. The number of aromatic nitrogens is 3. The molecule has 0 amide bonds. The van der Waals surface area contributed by atoms with Gasteiger partial charge in [-0.05, 0) is 81.3 Å². The van der Waals surface area contributed by atoms with E-state index in [0.717, 1.165) is 83.7 Å². The highest BCUT2D eigenvalue weighted by atomic mass is 16.5. The summed E-state index contributed by atoms with van der Waals surface area (Å²) >= 11 is 0. The van der Waals surface area contributed by atoms with Gasteiger partial charge in [0.15, 0.2) is 0 Å². The van der Waals surface area contributed by atoms with Crippen LogP contribution in [-0.2, 0) is 0 Å². The van der Waals surface area contributed by atoms with E-state index in [4.69, 9.17) is 13.9 Å². The summed E-state index contributed by atoms with van der Waals surface area (Å²) in [6.45, 7) is -0.238. The minimum absolute atomic E-state index is 0.0631. The lowest BCUT2D eigenvalue weighted by atomic mass is 9.30. The largest absolute Gasteiger partial charge is 0.458 e. The van der Waals surface area contributed by atoms with Gasteiger partial charge in [-0.15, -0.1) is 0 Å². The first kappa shape index (κ1) is 34.5. The van der Waals surface area contributed by atoms with E-state index in [2.05, 4.69) is 202 Å². The van der Waals surface area contributed by atoms with Gasteiger partial charge in [-0.25, -0.2) is 0 Å². The van der Waals surface area contributed by atoms with Gasteiger partial charge in [-0.2, -0.15) is 0 Å². The van der Waals surface area contributed by atoms with Gasteiger partial charge in [0.2, 0.25) is 0 Å². The molecule has 0 spiro atoms. The topological polar surface area (TPSA) is 46.4 Å². The van der Waals surface area contributed by atoms with Gasteiger partial charge in [-0.3, -0.25) is 0 Å². The van der Waals surface area contributed by atoms with E-state index in [1.54, 1.807) is 0 Å². The normalized spacial score (nSPS) is 13.8. The minimum Gasteiger partial charge on any atom is -0.458 e. The molecule has 0 saturated carbocycles. The van der Waals surface area contributed by atoms with E-state index in [1.165, 1.54) is 76.5 Å². The van der Waals surface area contributed by atoms with E-state index in [9.17, 15) is 0 Å². The summed E-state index contributed by atoms with van der Waals surface area (Å²) in [6.07, 6.45) is 0. The second-order valence-electron chi connectivity index (χ2n) is 19.0. The predicted octanol–water partition coefficient (Wildman–Crippen LogP) is 10.7. The standard InChI is InChI=1S/C60H31B2N3O3/c1-6-19-45-34(12-1)35-13-2-7-20-46(35)63(45)32-24-26-42-50(28-32)66-52-31-53-55-59-54(52)61(42)44-18-11-17-39-40-30-41-38-16-5-10-23-49(38)68-60(41)56(58(40)65(59)57(39)44)62(55)43-27-25-33(29-51(43)67-53)64-47-21-8-3-14-36(47)37-15-4-9-22-48(37)64/h1-31H. The average molecular weight is 864 g/mol. The van der Waals surface area contributed by atoms with Crippen molar-refractivity contribution < 1.29 is 13.9 Å². The fraction of sp³-hybridized carbons (Fsp3) is 0. The summed E-state index contributed by atoms with van der Waals surface area (Å²) in [7, 11) is 0. The quantitative estimate of drug-likeness (QED) is 0.163. The van der Waals surface area contributed by atoms with Crippen LogP contribution in [0.15, 0.2) is 192 Å². The van der Waals surface area contributed by atoms with Gasteiger partial charge in [0, 0.05) is 83.9 Å². The third kappa shape index (κ3) is 3.93. The van der Waals surface area contributed by atoms with Crippen molar-refractivity contribution >= 4 is 134 Å². The fourth-order valence-corrected chi connectivity index (χ4v) is 13.4. The Morgan fingerprint density at radius 3 is 1.44 bits per heavy atom. The summed E-state index contributed by atoms with van der Waals surface area (Å²) in [5.41, 5.74) is 19.3. The van der Waals surface area contributed by atoms with Gasteiger partial charge in [0.1, 0.15) is 34.2 Å². The van der Waals surface area contributed by atoms with E-state index in [-0.39, 0.29) is 13.4 Å². The maximum Gasteiger partial charge on any atom is 0.261 e. The molecule has 68 heavy (non-hydrogen) atoms. The Balaban J connectivity index is 0.943. The second-order valence-corrected chi connectivity index (χ2v) is 19.0. The Morgan fingerprint density at radius 2 is 0.838 bits per heavy atom. The minimum atomic E-state index is -0.175. The first-order valence-electron chi connectivity index (χ1n) is 23.5. The molecular formula is C60H31B2N3O3. The van der Waals surface area contributed by atoms with Crippen LogP contribution in [0.5, 0.6) is 23.0 Å². The smallest absolute Gasteiger partial charge is 0.261 e. The number of hydrogen-bond acceptors (Lipinski definition) is 3. The van der Waals surface area contributed by atoms with Crippen molar-refractivity contribution in [1.82, 2.24) is 13.7 Å². The third-order valence-corrected chi connectivity index (χ3v) is 15.9. The Kier molecular flexibility index (Phi) is 5.95. The van der Waals surface area contributed by atoms with Gasteiger partial charge in [0.05, 0.1) is 27.6 Å². The molecule has 0 bridgehead atoms. The number of furan rings is 1. The van der Waals surface area contributed by atoms with Crippen LogP contribution in [-0.4, -0.2) is 27.1 Å². The van der Waals surface area contributed by atoms with Gasteiger partial charge in [0.25, 0.3) is 13.4 Å². The van der Waals surface area contributed by atoms with Crippen LogP contribution in [0.25, 0.3) is 104 Å². The molecule has 10 aromatic carbocycles. The molecule has 18 rings (SSSR count). The van der Waals surface area contributed by atoms with E-state index >= 15 is 0 Å². The van der Waals surface area contributed by atoms with E-state index in [1.807, 2.05) is 0 Å². The second kappa shape index (κ2) is 11.7. The zero-order chi connectivity index (χ0) is 43.7. The number of benzene rings is 10. The molecule has 8 heteroatoms. The number of para-hydroxylation sites is 6. The average Bonchev–Trinajstić information content (AvgIpc) is 4.13. The van der Waals surface area contributed by atoms with Crippen LogP contribution in [0, 0.1) is 0 Å². The monoisotopic (exact) mass is 863 g/mol. The lowest BCUT2D eigenvalue weighted by Gasteiger charge is -2.40. The maximum atomic E-state index is 7.36. The lowest BCUT2D eigenvalue weighted by Crippen LogP contribution is -2.65. The van der Waals surface area contributed by atoms with Crippen LogP contribution in [0.1, 0.15) is 0 Å². The van der Waals surface area contributed by atoms with Crippen LogP contribution in [0.3, 0.4) is 0 Å². The van der Waals surface area contributed by atoms with Gasteiger partial charge < -0.3 is 27.6 Å². The highest BCUT2D eigenvalue weighted by molar-refractivity contribution is 7.04. The lowest BCUT2D eigenvalue weighted by molar-refractivity contribution is 0.465. The van der Waals surface area contributed by atoms with Gasteiger partial charge >= 0.3 is 0 Å². The molecular weight excluding hydrogens is 832 g/mol. The van der Waals surface area contributed by atoms with Crippen molar-refractivity contribution in [2.24, 2.45) is 0 Å². The Bertz CT molecular complexity index is 4620. The van der Waals surface area contributed by atoms with E-state index < -0.39 is 0 Å². The number of ether oxygens (including phenoxy) is 2. The molecule has 0 atom stereocenters. The van der Waals surface area contributed by atoms with Crippen molar-refractivity contribution in [3.05, 3.63) is 188 Å². The number of nitrogens with zero attached hydrogens (tertiary/aromatic N) is 3. The molecule has 4 aliphatic rings. The Morgan fingerprint density at radius 1 is 0.324 bits per heavy atom. The van der Waals surface area contributed by atoms with Crippen molar-refractivity contribution in [3.8, 4) is 40.1 Å². The maximum absolute atomic E-state index is 7.36. The van der Waals surface area contributed by atoms with Crippen molar-refractivity contribution in [1.29, 1.82) is 0 Å². The van der Waals surface area contributed by atoms with E-state index in [0.29, 0.717) is 0 Å². The van der Waals surface area contributed by atoms with Gasteiger partial charge in [-0.1, -0.05) is 121 Å². The summed E-state index contributed by atoms with van der Waals surface area (Å²) in [6, 6.07) is 68.4. The molecule has 0 N–H and O–H groups in total. The van der Waals surface area contributed by atoms with Crippen molar-refractivity contribution in [2.75, 3.05) is 0 Å². The SMILES string of the molecule is c1ccc2c(c1)oc1c3c4c(cc12)c1cccc2c1n4-c1c4c(cc5c1B3c1ccc(-n3c6ccccc6c6ccccc63)cc1O5)Oc1cc(-n3c5ccccc5c5ccccc53)ccc1B42. The van der Waals surface area contributed by atoms with Crippen LogP contribution in [0.2, 0.25) is 0 Å².